The van der Waals surface area contributed by atoms with Gasteiger partial charge in [-0.2, -0.15) is 4.31 Å². The number of amides is 1. The molecule has 0 aliphatic heterocycles. The van der Waals surface area contributed by atoms with Gasteiger partial charge in [-0.1, -0.05) is 35.2 Å². The minimum atomic E-state index is -3.76. The van der Waals surface area contributed by atoms with Gasteiger partial charge in [-0.15, -0.1) is 0 Å². The number of benzene rings is 1. The molecule has 0 radical (unpaired) electrons. The third kappa shape index (κ3) is 5.23. The van der Waals surface area contributed by atoms with Crippen LogP contribution in [0.3, 0.4) is 0 Å². The molecule has 168 valence electrons. The number of aromatic nitrogens is 1. The maximum Gasteiger partial charge on any atom is 0.243 e. The third-order valence-electron chi connectivity index (χ3n) is 6.38. The molecule has 0 spiro atoms. The largest absolute Gasteiger partial charge is 0.353 e. The van der Waals surface area contributed by atoms with Crippen LogP contribution in [0.15, 0.2) is 52.0 Å². The number of carbonyl (C=O) groups excluding carboxylic acids is 1. The number of nitrogens with zero attached hydrogens (tertiary/aromatic N) is 3. The highest BCUT2D eigenvalue weighted by molar-refractivity contribution is 9.10. The molecule has 0 saturated heterocycles. The van der Waals surface area contributed by atoms with Crippen LogP contribution in [0.4, 0.5) is 0 Å². The molecule has 1 heterocycles. The Balaban J connectivity index is 1.59. The van der Waals surface area contributed by atoms with E-state index in [0.29, 0.717) is 6.54 Å². The molecular formula is C23H30BrN3O3S. The van der Waals surface area contributed by atoms with Crippen molar-refractivity contribution in [3.63, 3.8) is 0 Å². The second-order valence-corrected chi connectivity index (χ2v) is 11.5. The summed E-state index contributed by atoms with van der Waals surface area (Å²) in [5, 5.41) is 0. The number of aryl methyl sites for hydroxylation is 1. The van der Waals surface area contributed by atoms with E-state index >= 15 is 0 Å². The van der Waals surface area contributed by atoms with E-state index in [1.807, 2.05) is 34.8 Å². The van der Waals surface area contributed by atoms with E-state index in [9.17, 15) is 13.2 Å². The normalized spacial score (nSPS) is 17.8. The minimum Gasteiger partial charge on any atom is -0.353 e. The van der Waals surface area contributed by atoms with E-state index in [1.54, 1.807) is 24.3 Å². The fraction of sp³-hybridized carbons (Fsp3) is 0.522. The van der Waals surface area contributed by atoms with Gasteiger partial charge in [-0.25, -0.2) is 8.42 Å². The van der Waals surface area contributed by atoms with Crippen LogP contribution in [-0.2, 0) is 28.4 Å². The molecule has 1 aromatic carbocycles. The van der Waals surface area contributed by atoms with Crippen molar-refractivity contribution >= 4 is 31.9 Å². The van der Waals surface area contributed by atoms with E-state index in [4.69, 9.17) is 0 Å². The van der Waals surface area contributed by atoms with Crippen LogP contribution in [0.2, 0.25) is 0 Å². The lowest BCUT2D eigenvalue weighted by molar-refractivity contribution is -0.133. The van der Waals surface area contributed by atoms with Crippen molar-refractivity contribution in [1.29, 1.82) is 0 Å². The number of hydrogen-bond acceptors (Lipinski definition) is 3. The molecule has 2 fully saturated rings. The smallest absolute Gasteiger partial charge is 0.243 e. The quantitative estimate of drug-likeness (QED) is 0.534. The van der Waals surface area contributed by atoms with E-state index < -0.39 is 10.0 Å². The minimum absolute atomic E-state index is 0.0933. The highest BCUT2D eigenvalue weighted by Crippen LogP contribution is 2.31. The maximum atomic E-state index is 13.6. The van der Waals surface area contributed by atoms with Crippen LogP contribution in [-0.4, -0.2) is 46.7 Å². The van der Waals surface area contributed by atoms with Crippen molar-refractivity contribution in [1.82, 2.24) is 13.8 Å². The highest BCUT2D eigenvalue weighted by Gasteiger charge is 2.38. The summed E-state index contributed by atoms with van der Waals surface area (Å²) in [6, 6.07) is 10.8. The summed E-state index contributed by atoms with van der Waals surface area (Å²) in [6.07, 6.45) is 8.68. The summed E-state index contributed by atoms with van der Waals surface area (Å²) in [5.74, 6) is -0.102. The van der Waals surface area contributed by atoms with Crippen LogP contribution in [0.5, 0.6) is 0 Å². The number of carbonyl (C=O) groups is 1. The number of sulfonamides is 1. The van der Waals surface area contributed by atoms with E-state index in [1.165, 1.54) is 4.31 Å². The molecule has 4 rings (SSSR count). The summed E-state index contributed by atoms with van der Waals surface area (Å²) in [4.78, 5) is 15.6. The lowest BCUT2D eigenvalue weighted by Gasteiger charge is -2.34. The van der Waals surface area contributed by atoms with Gasteiger partial charge in [-0.05, 0) is 62.1 Å². The maximum absolute atomic E-state index is 13.6. The van der Waals surface area contributed by atoms with Gasteiger partial charge in [0.1, 0.15) is 0 Å². The van der Waals surface area contributed by atoms with Crippen LogP contribution < -0.4 is 0 Å². The molecule has 8 heteroatoms. The van der Waals surface area contributed by atoms with Gasteiger partial charge in [0.25, 0.3) is 0 Å². The van der Waals surface area contributed by atoms with Gasteiger partial charge in [0, 0.05) is 35.5 Å². The first-order valence-corrected chi connectivity index (χ1v) is 13.3. The van der Waals surface area contributed by atoms with Crippen molar-refractivity contribution in [3.8, 4) is 0 Å². The molecule has 2 aromatic rings. The molecule has 2 aliphatic rings. The predicted octanol–water partition coefficient (Wildman–Crippen LogP) is 4.30. The molecule has 2 saturated carbocycles. The molecule has 1 aromatic heterocycles. The second-order valence-electron chi connectivity index (χ2n) is 8.66. The molecule has 0 N–H and O–H groups in total. The van der Waals surface area contributed by atoms with Crippen molar-refractivity contribution in [2.75, 3.05) is 6.54 Å². The number of halogens is 1. The monoisotopic (exact) mass is 507 g/mol. The zero-order valence-electron chi connectivity index (χ0n) is 17.9. The van der Waals surface area contributed by atoms with Gasteiger partial charge < -0.3 is 9.47 Å². The van der Waals surface area contributed by atoms with Gasteiger partial charge in [0.2, 0.25) is 15.9 Å². The summed E-state index contributed by atoms with van der Waals surface area (Å²) >= 11 is 3.37. The Labute approximate surface area is 193 Å². The average molecular weight is 508 g/mol. The van der Waals surface area contributed by atoms with Gasteiger partial charge in [0.15, 0.2) is 0 Å². The Hall–Kier alpha value is -1.64. The Morgan fingerprint density at radius 3 is 2.29 bits per heavy atom. The summed E-state index contributed by atoms with van der Waals surface area (Å²) in [5.41, 5.74) is 1.06. The first-order valence-electron chi connectivity index (χ1n) is 11.0. The summed E-state index contributed by atoms with van der Waals surface area (Å²) < 4.78 is 31.5. The van der Waals surface area contributed by atoms with E-state index in [0.717, 1.165) is 55.1 Å². The molecule has 6 nitrogen and oxygen atoms in total. The number of rotatable bonds is 8. The molecule has 31 heavy (non-hydrogen) atoms. The van der Waals surface area contributed by atoms with Crippen molar-refractivity contribution in [2.45, 2.75) is 68.5 Å². The van der Waals surface area contributed by atoms with Gasteiger partial charge in [0.05, 0.1) is 18.0 Å². The Kier molecular flexibility index (Phi) is 6.89. The van der Waals surface area contributed by atoms with Crippen LogP contribution in [0.25, 0.3) is 0 Å². The van der Waals surface area contributed by atoms with Gasteiger partial charge in [-0.3, -0.25) is 4.79 Å². The van der Waals surface area contributed by atoms with Crippen molar-refractivity contribution in [2.24, 2.45) is 7.05 Å². The predicted molar refractivity (Wildman–Crippen MR) is 124 cm³/mol. The average Bonchev–Trinajstić information content (AvgIpc) is 3.52. The standard InChI is InChI=1S/C23H30BrN3O3S/c1-25-15-5-8-21(25)16-26(19-11-12-19)23(28)17-27(20-6-3-2-4-7-20)31(29,30)22-13-9-18(24)10-14-22/h5,8-10,13-15,19-20H,2-4,6-7,11-12,16-17H2,1H3. The molecule has 0 bridgehead atoms. The van der Waals surface area contributed by atoms with Crippen LogP contribution >= 0.6 is 15.9 Å². The lowest BCUT2D eigenvalue weighted by Crippen LogP contribution is -2.48. The fourth-order valence-corrected chi connectivity index (χ4v) is 6.29. The van der Waals surface area contributed by atoms with E-state index in [2.05, 4.69) is 15.9 Å². The van der Waals surface area contributed by atoms with Gasteiger partial charge >= 0.3 is 0 Å². The Bertz CT molecular complexity index is 1010. The molecule has 0 unspecified atom stereocenters. The highest BCUT2D eigenvalue weighted by atomic mass is 79.9. The molecule has 2 aliphatic carbocycles. The Morgan fingerprint density at radius 2 is 1.71 bits per heavy atom. The fourth-order valence-electron chi connectivity index (χ4n) is 4.39. The molecule has 0 atom stereocenters. The van der Waals surface area contributed by atoms with Crippen molar-refractivity contribution < 1.29 is 13.2 Å². The summed E-state index contributed by atoms with van der Waals surface area (Å²) in [7, 11) is -1.79. The second kappa shape index (κ2) is 9.46. The lowest BCUT2D eigenvalue weighted by atomic mass is 9.95. The topological polar surface area (TPSA) is 62.6 Å². The number of hydrogen-bond donors (Lipinski definition) is 0. The van der Waals surface area contributed by atoms with Crippen molar-refractivity contribution in [3.05, 3.63) is 52.8 Å². The van der Waals surface area contributed by atoms with E-state index in [-0.39, 0.29) is 29.4 Å². The Morgan fingerprint density at radius 1 is 1.03 bits per heavy atom. The first-order chi connectivity index (χ1) is 14.9. The zero-order valence-corrected chi connectivity index (χ0v) is 20.3. The van der Waals surface area contributed by atoms with Crippen LogP contribution in [0.1, 0.15) is 50.6 Å². The molecular weight excluding hydrogens is 478 g/mol. The van der Waals surface area contributed by atoms with Crippen LogP contribution in [0, 0.1) is 0 Å². The SMILES string of the molecule is Cn1cccc1CN(C(=O)CN(C1CCCCC1)S(=O)(=O)c1ccc(Br)cc1)C1CC1. The molecule has 1 amide bonds. The third-order valence-corrected chi connectivity index (χ3v) is 8.83. The summed E-state index contributed by atoms with van der Waals surface area (Å²) in [6.45, 7) is 0.424. The zero-order chi connectivity index (χ0) is 22.0. The first kappa shape index (κ1) is 22.6.